The average molecular weight is 221 g/mol. The van der Waals surface area contributed by atoms with Crippen molar-refractivity contribution in [3.63, 3.8) is 0 Å². The standard InChI is InChI=1S/C14H20FN/c1-3-14(4-2)12(9-13(14)16)10-5-7-11(15)8-6-10/h5-8,12-13H,3-4,9,16H2,1-2H3. The molecule has 1 aromatic carbocycles. The molecule has 16 heavy (non-hydrogen) atoms. The van der Waals surface area contributed by atoms with E-state index in [1.807, 2.05) is 12.1 Å². The van der Waals surface area contributed by atoms with Crippen LogP contribution in [0.4, 0.5) is 4.39 Å². The molecule has 2 atom stereocenters. The van der Waals surface area contributed by atoms with Gasteiger partial charge in [-0.1, -0.05) is 26.0 Å². The van der Waals surface area contributed by atoms with Gasteiger partial charge in [0.15, 0.2) is 0 Å². The van der Waals surface area contributed by atoms with Crippen LogP contribution in [0.5, 0.6) is 0 Å². The Morgan fingerprint density at radius 1 is 1.25 bits per heavy atom. The molecule has 2 heteroatoms. The largest absolute Gasteiger partial charge is 0.327 e. The molecular formula is C14H20FN. The van der Waals surface area contributed by atoms with Crippen molar-refractivity contribution < 1.29 is 4.39 Å². The highest BCUT2D eigenvalue weighted by atomic mass is 19.1. The maximum atomic E-state index is 12.9. The van der Waals surface area contributed by atoms with Crippen LogP contribution in [0, 0.1) is 11.2 Å². The van der Waals surface area contributed by atoms with Crippen molar-refractivity contribution in [2.45, 2.75) is 45.1 Å². The van der Waals surface area contributed by atoms with Gasteiger partial charge in [-0.05, 0) is 48.3 Å². The fourth-order valence-electron chi connectivity index (χ4n) is 3.25. The monoisotopic (exact) mass is 221 g/mol. The van der Waals surface area contributed by atoms with E-state index in [9.17, 15) is 4.39 Å². The third-order valence-electron chi connectivity index (χ3n) is 4.51. The molecule has 1 saturated carbocycles. The number of benzene rings is 1. The van der Waals surface area contributed by atoms with E-state index in [0.29, 0.717) is 12.0 Å². The van der Waals surface area contributed by atoms with Gasteiger partial charge in [-0.15, -0.1) is 0 Å². The second-order valence-corrected chi connectivity index (χ2v) is 4.89. The molecule has 2 N–H and O–H groups in total. The fraction of sp³-hybridized carbons (Fsp3) is 0.571. The SMILES string of the molecule is CCC1(CC)C(N)CC1c1ccc(F)cc1. The summed E-state index contributed by atoms with van der Waals surface area (Å²) >= 11 is 0. The number of halogens is 1. The highest BCUT2D eigenvalue weighted by Crippen LogP contribution is 2.56. The van der Waals surface area contributed by atoms with E-state index in [-0.39, 0.29) is 11.2 Å². The van der Waals surface area contributed by atoms with Crippen molar-refractivity contribution in [3.05, 3.63) is 35.6 Å². The summed E-state index contributed by atoms with van der Waals surface area (Å²) in [6.45, 7) is 4.41. The van der Waals surface area contributed by atoms with E-state index in [4.69, 9.17) is 5.73 Å². The highest BCUT2D eigenvalue weighted by molar-refractivity contribution is 5.28. The van der Waals surface area contributed by atoms with Gasteiger partial charge in [0.2, 0.25) is 0 Å². The maximum absolute atomic E-state index is 12.9. The van der Waals surface area contributed by atoms with Crippen LogP contribution < -0.4 is 5.73 Å². The van der Waals surface area contributed by atoms with Gasteiger partial charge in [0.1, 0.15) is 5.82 Å². The minimum atomic E-state index is -0.161. The van der Waals surface area contributed by atoms with E-state index in [2.05, 4.69) is 13.8 Å². The molecule has 1 aromatic rings. The topological polar surface area (TPSA) is 26.0 Å². The lowest BCUT2D eigenvalue weighted by atomic mass is 9.52. The second kappa shape index (κ2) is 4.17. The Bertz CT molecular complexity index is 354. The first-order valence-corrected chi connectivity index (χ1v) is 6.15. The minimum Gasteiger partial charge on any atom is -0.327 e. The summed E-state index contributed by atoms with van der Waals surface area (Å²) in [4.78, 5) is 0. The molecule has 2 rings (SSSR count). The van der Waals surface area contributed by atoms with Crippen LogP contribution in [0.15, 0.2) is 24.3 Å². The number of nitrogens with two attached hydrogens (primary N) is 1. The first kappa shape index (κ1) is 11.6. The molecule has 0 bridgehead atoms. The van der Waals surface area contributed by atoms with Crippen LogP contribution in [0.25, 0.3) is 0 Å². The van der Waals surface area contributed by atoms with Gasteiger partial charge in [0.25, 0.3) is 0 Å². The van der Waals surface area contributed by atoms with Crippen molar-refractivity contribution in [3.8, 4) is 0 Å². The van der Waals surface area contributed by atoms with Gasteiger partial charge in [-0.2, -0.15) is 0 Å². The molecule has 0 spiro atoms. The Morgan fingerprint density at radius 2 is 1.81 bits per heavy atom. The smallest absolute Gasteiger partial charge is 0.123 e. The molecule has 0 saturated heterocycles. The van der Waals surface area contributed by atoms with Crippen molar-refractivity contribution in [1.82, 2.24) is 0 Å². The summed E-state index contributed by atoms with van der Waals surface area (Å²) < 4.78 is 12.9. The Hall–Kier alpha value is -0.890. The van der Waals surface area contributed by atoms with E-state index in [1.54, 1.807) is 12.1 Å². The molecule has 0 heterocycles. The lowest BCUT2D eigenvalue weighted by molar-refractivity contribution is 0.0438. The van der Waals surface area contributed by atoms with Gasteiger partial charge >= 0.3 is 0 Å². The molecule has 1 nitrogen and oxygen atoms in total. The van der Waals surface area contributed by atoms with Gasteiger partial charge < -0.3 is 5.73 Å². The van der Waals surface area contributed by atoms with Crippen molar-refractivity contribution >= 4 is 0 Å². The zero-order chi connectivity index (χ0) is 11.8. The summed E-state index contributed by atoms with van der Waals surface area (Å²) in [6, 6.07) is 7.22. The normalized spacial score (nSPS) is 27.5. The van der Waals surface area contributed by atoms with Crippen LogP contribution in [0.2, 0.25) is 0 Å². The van der Waals surface area contributed by atoms with Gasteiger partial charge in [0, 0.05) is 6.04 Å². The number of hydrogen-bond donors (Lipinski definition) is 1. The summed E-state index contributed by atoms with van der Waals surface area (Å²) in [5.41, 5.74) is 7.64. The zero-order valence-electron chi connectivity index (χ0n) is 10.0. The number of hydrogen-bond acceptors (Lipinski definition) is 1. The van der Waals surface area contributed by atoms with Crippen molar-refractivity contribution in [2.75, 3.05) is 0 Å². The molecule has 0 amide bonds. The Labute approximate surface area is 96.9 Å². The second-order valence-electron chi connectivity index (χ2n) is 4.89. The van der Waals surface area contributed by atoms with Crippen LogP contribution in [-0.2, 0) is 0 Å². The molecule has 2 unspecified atom stereocenters. The molecular weight excluding hydrogens is 201 g/mol. The average Bonchev–Trinajstić information content (AvgIpc) is 2.29. The Morgan fingerprint density at radius 3 is 2.25 bits per heavy atom. The van der Waals surface area contributed by atoms with Crippen LogP contribution in [0.1, 0.15) is 44.6 Å². The predicted molar refractivity (Wildman–Crippen MR) is 64.7 cm³/mol. The Kier molecular flexibility index (Phi) is 3.02. The van der Waals surface area contributed by atoms with Crippen LogP contribution >= 0.6 is 0 Å². The third kappa shape index (κ3) is 1.56. The summed E-state index contributed by atoms with van der Waals surface area (Å²) in [5, 5.41) is 0. The molecule has 0 radical (unpaired) electrons. The molecule has 0 aromatic heterocycles. The lowest BCUT2D eigenvalue weighted by Crippen LogP contribution is -2.55. The van der Waals surface area contributed by atoms with Gasteiger partial charge in [-0.3, -0.25) is 0 Å². The van der Waals surface area contributed by atoms with E-state index >= 15 is 0 Å². The molecule has 1 aliphatic rings. The first-order chi connectivity index (χ1) is 7.64. The molecule has 0 aliphatic heterocycles. The number of rotatable bonds is 3. The summed E-state index contributed by atoms with van der Waals surface area (Å²) in [5.74, 6) is 0.351. The lowest BCUT2D eigenvalue weighted by Gasteiger charge is -2.55. The highest BCUT2D eigenvalue weighted by Gasteiger charge is 2.50. The predicted octanol–water partition coefficient (Wildman–Crippen LogP) is 3.45. The quantitative estimate of drug-likeness (QED) is 0.831. The van der Waals surface area contributed by atoms with E-state index < -0.39 is 0 Å². The molecule has 1 fully saturated rings. The molecule has 1 aliphatic carbocycles. The van der Waals surface area contributed by atoms with Crippen molar-refractivity contribution in [1.29, 1.82) is 0 Å². The van der Waals surface area contributed by atoms with E-state index in [1.165, 1.54) is 5.56 Å². The first-order valence-electron chi connectivity index (χ1n) is 6.15. The third-order valence-corrected chi connectivity index (χ3v) is 4.51. The van der Waals surface area contributed by atoms with E-state index in [0.717, 1.165) is 19.3 Å². The summed E-state index contributed by atoms with van der Waals surface area (Å²) in [7, 11) is 0. The Balaban J connectivity index is 2.26. The zero-order valence-corrected chi connectivity index (χ0v) is 10.0. The molecule has 88 valence electrons. The fourth-order valence-corrected chi connectivity index (χ4v) is 3.25. The van der Waals surface area contributed by atoms with Crippen molar-refractivity contribution in [2.24, 2.45) is 11.1 Å². The van der Waals surface area contributed by atoms with Crippen LogP contribution in [0.3, 0.4) is 0 Å². The van der Waals surface area contributed by atoms with Gasteiger partial charge in [0.05, 0.1) is 0 Å². The summed E-state index contributed by atoms with van der Waals surface area (Å²) in [6.07, 6.45) is 3.24. The van der Waals surface area contributed by atoms with Gasteiger partial charge in [-0.25, -0.2) is 4.39 Å². The van der Waals surface area contributed by atoms with Crippen LogP contribution in [-0.4, -0.2) is 6.04 Å². The minimum absolute atomic E-state index is 0.161. The maximum Gasteiger partial charge on any atom is 0.123 e.